The predicted molar refractivity (Wildman–Crippen MR) is 81.8 cm³/mol. The van der Waals surface area contributed by atoms with Gasteiger partial charge in [0.2, 0.25) is 0 Å². The molecule has 1 aliphatic rings. The van der Waals surface area contributed by atoms with Crippen LogP contribution in [0.15, 0.2) is 22.7 Å². The molecule has 0 aliphatic carbocycles. The first-order valence-electron chi connectivity index (χ1n) is 6.40. The molecule has 0 radical (unpaired) electrons. The second-order valence-electron chi connectivity index (χ2n) is 5.10. The number of benzene rings is 1. The van der Waals surface area contributed by atoms with Gasteiger partial charge in [-0.25, -0.2) is 0 Å². The topological polar surface area (TPSA) is 23.6 Å². The van der Waals surface area contributed by atoms with Gasteiger partial charge in [0.1, 0.15) is 0 Å². The summed E-state index contributed by atoms with van der Waals surface area (Å²) in [6, 6.07) is 5.60. The van der Waals surface area contributed by atoms with Crippen LogP contribution >= 0.6 is 27.5 Å². The summed E-state index contributed by atoms with van der Waals surface area (Å²) in [6.45, 7) is 2.06. The summed E-state index contributed by atoms with van der Waals surface area (Å²) in [7, 11) is 3.98. The highest BCUT2D eigenvalue weighted by Gasteiger charge is 2.25. The zero-order valence-corrected chi connectivity index (χ0v) is 13.5. The van der Waals surface area contributed by atoms with E-state index in [1.807, 2.05) is 11.9 Å². The number of carbonyl (C=O) groups is 1. The molecule has 1 atom stereocenters. The molecule has 2 rings (SSSR count). The molecule has 1 amide bonds. The molecule has 1 saturated heterocycles. The minimum atomic E-state index is 0.0534. The summed E-state index contributed by atoms with van der Waals surface area (Å²) in [5.41, 5.74) is 0.673. The molecule has 1 aromatic carbocycles. The van der Waals surface area contributed by atoms with Gasteiger partial charge in [-0.05, 0) is 60.6 Å². The fourth-order valence-corrected chi connectivity index (χ4v) is 2.95. The van der Waals surface area contributed by atoms with Crippen molar-refractivity contribution < 1.29 is 4.79 Å². The molecule has 0 saturated carbocycles. The van der Waals surface area contributed by atoms with Gasteiger partial charge in [-0.15, -0.1) is 0 Å². The van der Waals surface area contributed by atoms with Crippen LogP contribution in [0.5, 0.6) is 0 Å². The molecule has 19 heavy (non-hydrogen) atoms. The van der Waals surface area contributed by atoms with Crippen molar-refractivity contribution in [2.24, 2.45) is 0 Å². The smallest absolute Gasteiger partial charge is 0.253 e. The predicted octanol–water partition coefficient (Wildman–Crippen LogP) is 3.27. The number of carbonyl (C=O) groups excluding carboxylic acids is 1. The van der Waals surface area contributed by atoms with E-state index in [0.717, 1.165) is 30.4 Å². The Morgan fingerprint density at radius 2 is 2.26 bits per heavy atom. The third-order valence-corrected chi connectivity index (χ3v) is 4.85. The van der Waals surface area contributed by atoms with Gasteiger partial charge in [-0.1, -0.05) is 11.6 Å². The minimum Gasteiger partial charge on any atom is -0.337 e. The molecular formula is C14H18BrClN2O. The van der Waals surface area contributed by atoms with Crippen LogP contribution in [0.25, 0.3) is 0 Å². The van der Waals surface area contributed by atoms with E-state index in [-0.39, 0.29) is 5.91 Å². The second-order valence-corrected chi connectivity index (χ2v) is 6.36. The summed E-state index contributed by atoms with van der Waals surface area (Å²) < 4.78 is 0.758. The van der Waals surface area contributed by atoms with Gasteiger partial charge in [-0.2, -0.15) is 0 Å². The van der Waals surface area contributed by atoms with E-state index in [4.69, 9.17) is 11.6 Å². The number of piperidine rings is 1. The van der Waals surface area contributed by atoms with Gasteiger partial charge >= 0.3 is 0 Å². The Morgan fingerprint density at radius 1 is 1.53 bits per heavy atom. The fraction of sp³-hybridized carbons (Fsp3) is 0.500. The van der Waals surface area contributed by atoms with Gasteiger partial charge < -0.3 is 9.80 Å². The van der Waals surface area contributed by atoms with Crippen molar-refractivity contribution in [2.75, 3.05) is 27.2 Å². The van der Waals surface area contributed by atoms with E-state index in [1.54, 1.807) is 18.2 Å². The largest absolute Gasteiger partial charge is 0.337 e. The lowest BCUT2D eigenvalue weighted by molar-refractivity contribution is 0.0644. The maximum atomic E-state index is 12.5. The van der Waals surface area contributed by atoms with Gasteiger partial charge in [0.05, 0.1) is 5.02 Å². The van der Waals surface area contributed by atoms with Gasteiger partial charge in [0, 0.05) is 29.7 Å². The molecule has 0 N–H and O–H groups in total. The highest BCUT2D eigenvalue weighted by atomic mass is 79.9. The number of hydrogen-bond donors (Lipinski definition) is 0. The SMILES string of the molecule is CN1CCCC(N(C)C(=O)c2ccc(Cl)c(Br)c2)C1. The molecule has 0 bridgehead atoms. The van der Waals surface area contributed by atoms with Crippen LogP contribution in [0.1, 0.15) is 23.2 Å². The van der Waals surface area contributed by atoms with Crippen LogP contribution in [-0.2, 0) is 0 Å². The highest BCUT2D eigenvalue weighted by molar-refractivity contribution is 9.10. The number of rotatable bonds is 2. The van der Waals surface area contributed by atoms with E-state index in [9.17, 15) is 4.79 Å². The molecule has 104 valence electrons. The molecule has 0 spiro atoms. The van der Waals surface area contributed by atoms with Crippen molar-refractivity contribution >= 4 is 33.4 Å². The zero-order valence-electron chi connectivity index (χ0n) is 11.2. The molecular weight excluding hydrogens is 328 g/mol. The van der Waals surface area contributed by atoms with Crippen molar-refractivity contribution in [2.45, 2.75) is 18.9 Å². The quantitative estimate of drug-likeness (QED) is 0.821. The lowest BCUT2D eigenvalue weighted by Gasteiger charge is -2.35. The molecule has 3 nitrogen and oxygen atoms in total. The lowest BCUT2D eigenvalue weighted by atomic mass is 10.0. The molecule has 5 heteroatoms. The Hall–Kier alpha value is -0.580. The summed E-state index contributed by atoms with van der Waals surface area (Å²) in [4.78, 5) is 16.6. The summed E-state index contributed by atoms with van der Waals surface area (Å²) >= 11 is 9.31. The molecule has 1 aromatic rings. The number of likely N-dealkylation sites (tertiary alicyclic amines) is 1. The molecule has 1 aliphatic heterocycles. The van der Waals surface area contributed by atoms with Gasteiger partial charge in [0.25, 0.3) is 5.91 Å². The summed E-state index contributed by atoms with van der Waals surface area (Å²) in [5.74, 6) is 0.0534. The van der Waals surface area contributed by atoms with E-state index in [0.29, 0.717) is 16.6 Å². The van der Waals surface area contributed by atoms with E-state index in [2.05, 4.69) is 27.9 Å². The zero-order chi connectivity index (χ0) is 14.0. The van der Waals surface area contributed by atoms with E-state index in [1.165, 1.54) is 0 Å². The molecule has 1 heterocycles. The number of halogens is 2. The number of nitrogens with zero attached hydrogens (tertiary/aromatic N) is 2. The van der Waals surface area contributed by atoms with Crippen LogP contribution in [-0.4, -0.2) is 48.9 Å². The Labute approximate surface area is 127 Å². The highest BCUT2D eigenvalue weighted by Crippen LogP contribution is 2.24. The average molecular weight is 346 g/mol. The van der Waals surface area contributed by atoms with Crippen LogP contribution < -0.4 is 0 Å². The van der Waals surface area contributed by atoms with Crippen molar-refractivity contribution in [3.05, 3.63) is 33.3 Å². The Bertz CT molecular complexity index is 481. The molecule has 0 aromatic heterocycles. The third kappa shape index (κ3) is 3.50. The van der Waals surface area contributed by atoms with Crippen LogP contribution in [0, 0.1) is 0 Å². The van der Waals surface area contributed by atoms with Gasteiger partial charge in [-0.3, -0.25) is 4.79 Å². The number of likely N-dealkylation sites (N-methyl/N-ethyl adjacent to an activating group) is 2. The standard InChI is InChI=1S/C14H18BrClN2O/c1-17-7-3-4-11(9-17)18(2)14(19)10-5-6-13(16)12(15)8-10/h5-6,8,11H,3-4,7,9H2,1-2H3. The van der Waals surface area contributed by atoms with E-state index < -0.39 is 0 Å². The van der Waals surface area contributed by atoms with E-state index >= 15 is 0 Å². The average Bonchev–Trinajstić information content (AvgIpc) is 2.40. The van der Waals surface area contributed by atoms with Crippen LogP contribution in [0.2, 0.25) is 5.02 Å². The monoisotopic (exact) mass is 344 g/mol. The maximum absolute atomic E-state index is 12.5. The van der Waals surface area contributed by atoms with Crippen molar-refractivity contribution in [3.8, 4) is 0 Å². The van der Waals surface area contributed by atoms with Crippen molar-refractivity contribution in [1.82, 2.24) is 9.80 Å². The summed E-state index contributed by atoms with van der Waals surface area (Å²) in [6.07, 6.45) is 2.21. The third-order valence-electron chi connectivity index (χ3n) is 3.63. The van der Waals surface area contributed by atoms with Gasteiger partial charge in [0.15, 0.2) is 0 Å². The maximum Gasteiger partial charge on any atom is 0.253 e. The van der Waals surface area contributed by atoms with Crippen molar-refractivity contribution in [1.29, 1.82) is 0 Å². The first kappa shape index (κ1) is 14.8. The number of amides is 1. The number of hydrogen-bond acceptors (Lipinski definition) is 2. The van der Waals surface area contributed by atoms with Crippen LogP contribution in [0.4, 0.5) is 0 Å². The normalized spacial score (nSPS) is 20.3. The Balaban J connectivity index is 2.11. The Kier molecular flexibility index (Phi) is 4.87. The minimum absolute atomic E-state index is 0.0534. The molecule has 1 fully saturated rings. The first-order chi connectivity index (χ1) is 8.99. The summed E-state index contributed by atoms with van der Waals surface area (Å²) in [5, 5.41) is 0.622. The van der Waals surface area contributed by atoms with Crippen LogP contribution in [0.3, 0.4) is 0 Å². The second kappa shape index (κ2) is 6.25. The fourth-order valence-electron chi connectivity index (χ4n) is 2.45. The Morgan fingerprint density at radius 3 is 2.89 bits per heavy atom. The first-order valence-corrected chi connectivity index (χ1v) is 7.57. The lowest BCUT2D eigenvalue weighted by Crippen LogP contribution is -2.47. The molecule has 1 unspecified atom stereocenters. The van der Waals surface area contributed by atoms with Crippen molar-refractivity contribution in [3.63, 3.8) is 0 Å².